The van der Waals surface area contributed by atoms with Crippen molar-refractivity contribution >= 4 is 6.09 Å². The quantitative estimate of drug-likeness (QED) is 0.569. The monoisotopic (exact) mass is 243 g/mol. The van der Waals surface area contributed by atoms with Gasteiger partial charge in [0.1, 0.15) is 5.60 Å². The Morgan fingerprint density at radius 2 is 2.18 bits per heavy atom. The van der Waals surface area contributed by atoms with Gasteiger partial charge in [-0.25, -0.2) is 4.79 Å². The van der Waals surface area contributed by atoms with Crippen LogP contribution in [0.2, 0.25) is 0 Å². The lowest BCUT2D eigenvalue weighted by Gasteiger charge is -2.28. The second-order valence-electron chi connectivity index (χ2n) is 5.70. The van der Waals surface area contributed by atoms with Gasteiger partial charge < -0.3 is 9.64 Å². The number of nitrogens with two attached hydrogens (primary N) is 1. The molecule has 0 saturated carbocycles. The maximum atomic E-state index is 12.0. The van der Waals surface area contributed by atoms with Crippen LogP contribution >= 0.6 is 0 Å². The number of hydrazine groups is 1. The molecule has 0 bridgehead atoms. The summed E-state index contributed by atoms with van der Waals surface area (Å²) in [5.74, 6) is 5.77. The van der Waals surface area contributed by atoms with Crippen molar-refractivity contribution in [1.29, 1.82) is 0 Å². The number of likely N-dealkylation sites (tertiary alicyclic amines) is 1. The van der Waals surface area contributed by atoms with Gasteiger partial charge >= 0.3 is 6.09 Å². The standard InChI is InChI=1S/C12H25N3O2/c1-12(2,3)17-11(16)15-7-5-4-6-10(9-15)8-14-13/h10,14H,4-9,13H2,1-3H3. The summed E-state index contributed by atoms with van der Waals surface area (Å²) < 4.78 is 5.39. The van der Waals surface area contributed by atoms with Crippen LogP contribution in [0.5, 0.6) is 0 Å². The van der Waals surface area contributed by atoms with Gasteiger partial charge in [-0.2, -0.15) is 0 Å². The number of rotatable bonds is 2. The van der Waals surface area contributed by atoms with Crippen LogP contribution in [-0.2, 0) is 4.74 Å². The van der Waals surface area contributed by atoms with Crippen molar-refractivity contribution in [2.24, 2.45) is 11.8 Å². The van der Waals surface area contributed by atoms with Gasteiger partial charge in [-0.05, 0) is 39.5 Å². The summed E-state index contributed by atoms with van der Waals surface area (Å²) in [6.45, 7) is 7.94. The summed E-state index contributed by atoms with van der Waals surface area (Å²) >= 11 is 0. The molecular weight excluding hydrogens is 218 g/mol. The van der Waals surface area contributed by atoms with Crippen molar-refractivity contribution in [3.05, 3.63) is 0 Å². The Kier molecular flexibility index (Phi) is 5.21. The molecule has 1 saturated heterocycles. The molecule has 0 aromatic carbocycles. The second kappa shape index (κ2) is 6.21. The van der Waals surface area contributed by atoms with E-state index >= 15 is 0 Å². The lowest BCUT2D eigenvalue weighted by Crippen LogP contribution is -2.41. The highest BCUT2D eigenvalue weighted by atomic mass is 16.6. The highest BCUT2D eigenvalue weighted by Gasteiger charge is 2.25. The van der Waals surface area contributed by atoms with E-state index in [0.29, 0.717) is 5.92 Å². The molecule has 17 heavy (non-hydrogen) atoms. The first-order chi connectivity index (χ1) is 7.92. The van der Waals surface area contributed by atoms with Crippen LogP contribution in [0.3, 0.4) is 0 Å². The minimum absolute atomic E-state index is 0.207. The average molecular weight is 243 g/mol. The number of carbonyl (C=O) groups excluding carboxylic acids is 1. The van der Waals surface area contributed by atoms with Gasteiger partial charge in [-0.15, -0.1) is 0 Å². The SMILES string of the molecule is CC(C)(C)OC(=O)N1CCCCC(CNN)C1. The molecular formula is C12H25N3O2. The zero-order valence-corrected chi connectivity index (χ0v) is 11.2. The molecule has 0 aromatic rings. The summed E-state index contributed by atoms with van der Waals surface area (Å²) in [6, 6.07) is 0. The fraction of sp³-hybridized carbons (Fsp3) is 0.917. The first kappa shape index (κ1) is 14.3. The fourth-order valence-electron chi connectivity index (χ4n) is 2.06. The predicted molar refractivity (Wildman–Crippen MR) is 67.3 cm³/mol. The van der Waals surface area contributed by atoms with Crippen LogP contribution in [0.4, 0.5) is 4.79 Å². The highest BCUT2D eigenvalue weighted by Crippen LogP contribution is 2.18. The van der Waals surface area contributed by atoms with Crippen molar-refractivity contribution in [1.82, 2.24) is 10.3 Å². The minimum atomic E-state index is -0.426. The number of ether oxygens (including phenoxy) is 1. The molecule has 3 N–H and O–H groups in total. The van der Waals surface area contributed by atoms with Gasteiger partial charge in [0.05, 0.1) is 0 Å². The molecule has 1 fully saturated rings. The van der Waals surface area contributed by atoms with Crippen LogP contribution < -0.4 is 11.3 Å². The molecule has 0 spiro atoms. The molecule has 0 aliphatic carbocycles. The van der Waals surface area contributed by atoms with E-state index in [4.69, 9.17) is 10.6 Å². The summed E-state index contributed by atoms with van der Waals surface area (Å²) in [7, 11) is 0. The third-order valence-electron chi connectivity index (χ3n) is 2.83. The maximum Gasteiger partial charge on any atom is 0.410 e. The number of hydrogen-bond donors (Lipinski definition) is 2. The molecule has 1 heterocycles. The van der Waals surface area contributed by atoms with Crippen LogP contribution in [0.25, 0.3) is 0 Å². The molecule has 0 radical (unpaired) electrons. The Balaban J connectivity index is 2.53. The molecule has 1 rings (SSSR count). The van der Waals surface area contributed by atoms with E-state index in [-0.39, 0.29) is 6.09 Å². The van der Waals surface area contributed by atoms with E-state index < -0.39 is 5.60 Å². The number of hydrogen-bond acceptors (Lipinski definition) is 4. The number of nitrogens with zero attached hydrogens (tertiary/aromatic N) is 1. The summed E-state index contributed by atoms with van der Waals surface area (Å²) in [6.07, 6.45) is 3.09. The zero-order chi connectivity index (χ0) is 12.9. The average Bonchev–Trinajstić information content (AvgIpc) is 2.41. The normalized spacial score (nSPS) is 22.1. The zero-order valence-electron chi connectivity index (χ0n) is 11.2. The summed E-state index contributed by atoms with van der Waals surface area (Å²) in [5, 5.41) is 0. The first-order valence-electron chi connectivity index (χ1n) is 6.34. The maximum absolute atomic E-state index is 12.0. The molecule has 0 aromatic heterocycles. The Morgan fingerprint density at radius 1 is 1.47 bits per heavy atom. The third kappa shape index (κ3) is 5.37. The highest BCUT2D eigenvalue weighted by molar-refractivity contribution is 5.68. The number of carbonyl (C=O) groups is 1. The van der Waals surface area contributed by atoms with Crippen LogP contribution in [0.15, 0.2) is 0 Å². The van der Waals surface area contributed by atoms with E-state index in [9.17, 15) is 4.79 Å². The van der Waals surface area contributed by atoms with E-state index in [1.807, 2.05) is 20.8 Å². The van der Waals surface area contributed by atoms with Crippen molar-refractivity contribution in [2.45, 2.75) is 45.6 Å². The Bertz CT molecular complexity index is 251. The smallest absolute Gasteiger partial charge is 0.410 e. The van der Waals surface area contributed by atoms with Gasteiger partial charge in [-0.3, -0.25) is 11.3 Å². The van der Waals surface area contributed by atoms with Crippen LogP contribution in [0.1, 0.15) is 40.0 Å². The molecule has 1 unspecified atom stereocenters. The Hall–Kier alpha value is -0.810. The molecule has 100 valence electrons. The molecule has 1 aliphatic heterocycles. The van der Waals surface area contributed by atoms with Gasteiger partial charge in [0.15, 0.2) is 0 Å². The second-order valence-corrected chi connectivity index (χ2v) is 5.70. The molecule has 5 nitrogen and oxygen atoms in total. The first-order valence-corrected chi connectivity index (χ1v) is 6.34. The van der Waals surface area contributed by atoms with Gasteiger partial charge in [0, 0.05) is 19.6 Å². The lowest BCUT2D eigenvalue weighted by molar-refractivity contribution is 0.0234. The molecule has 5 heteroatoms. The van der Waals surface area contributed by atoms with Gasteiger partial charge in [0.25, 0.3) is 0 Å². The largest absolute Gasteiger partial charge is 0.444 e. The molecule has 1 amide bonds. The van der Waals surface area contributed by atoms with E-state index in [2.05, 4.69) is 5.43 Å². The molecule has 1 aliphatic rings. The fourth-order valence-corrected chi connectivity index (χ4v) is 2.06. The predicted octanol–water partition coefficient (Wildman–Crippen LogP) is 1.49. The van der Waals surface area contributed by atoms with Crippen molar-refractivity contribution in [2.75, 3.05) is 19.6 Å². The van der Waals surface area contributed by atoms with Crippen molar-refractivity contribution in [3.8, 4) is 0 Å². The minimum Gasteiger partial charge on any atom is -0.444 e. The van der Waals surface area contributed by atoms with Crippen molar-refractivity contribution < 1.29 is 9.53 Å². The van der Waals surface area contributed by atoms with Crippen LogP contribution in [-0.4, -0.2) is 36.2 Å². The number of nitrogens with one attached hydrogen (secondary N) is 1. The van der Waals surface area contributed by atoms with E-state index in [1.165, 1.54) is 0 Å². The van der Waals surface area contributed by atoms with Gasteiger partial charge in [0.2, 0.25) is 0 Å². The van der Waals surface area contributed by atoms with Gasteiger partial charge in [-0.1, -0.05) is 6.42 Å². The Morgan fingerprint density at radius 3 is 2.76 bits per heavy atom. The number of amides is 1. The Labute approximate surface area is 104 Å². The van der Waals surface area contributed by atoms with Crippen LogP contribution in [0, 0.1) is 5.92 Å². The molecule has 1 atom stereocenters. The lowest BCUT2D eigenvalue weighted by atomic mass is 10.0. The van der Waals surface area contributed by atoms with Crippen molar-refractivity contribution in [3.63, 3.8) is 0 Å². The van der Waals surface area contributed by atoms with E-state index in [1.54, 1.807) is 4.90 Å². The third-order valence-corrected chi connectivity index (χ3v) is 2.83. The van der Waals surface area contributed by atoms with E-state index in [0.717, 1.165) is 38.9 Å². The summed E-state index contributed by atoms with van der Waals surface area (Å²) in [4.78, 5) is 13.8. The topological polar surface area (TPSA) is 67.6 Å². The summed E-state index contributed by atoms with van der Waals surface area (Å²) in [5.41, 5.74) is 2.27.